The lowest BCUT2D eigenvalue weighted by atomic mass is 9.97. The van der Waals surface area contributed by atoms with Crippen molar-refractivity contribution in [3.8, 4) is 0 Å². The van der Waals surface area contributed by atoms with Crippen LogP contribution >= 0.6 is 0 Å². The topological polar surface area (TPSA) is 29.5 Å². The number of carbonyl (C=O) groups is 1. The summed E-state index contributed by atoms with van der Waals surface area (Å²) in [6, 6.07) is 0.238. The van der Waals surface area contributed by atoms with E-state index in [0.29, 0.717) is 0 Å². The van der Waals surface area contributed by atoms with Crippen LogP contribution in [0, 0.1) is 0 Å². The monoisotopic (exact) mass is 299 g/mol. The molecular weight excluding hydrogens is 278 g/mol. The predicted octanol–water partition coefficient (Wildman–Crippen LogP) is 3.08. The third kappa shape index (κ3) is 4.61. The number of alkyl halides is 4. The van der Waals surface area contributed by atoms with Crippen molar-refractivity contribution in [3.05, 3.63) is 0 Å². The Labute approximate surface area is 116 Å². The SMILES string of the molecule is C[C@@H]1CCC[C@H](C)N1C(=O)CCOCC(F)(F)C(F)F. The van der Waals surface area contributed by atoms with Crippen molar-refractivity contribution in [1.82, 2.24) is 4.90 Å². The minimum Gasteiger partial charge on any atom is -0.374 e. The molecule has 2 atom stereocenters. The molecule has 0 radical (unpaired) electrons. The van der Waals surface area contributed by atoms with E-state index < -0.39 is 19.0 Å². The van der Waals surface area contributed by atoms with Crippen molar-refractivity contribution in [2.45, 2.75) is 64.0 Å². The fourth-order valence-corrected chi connectivity index (χ4v) is 2.47. The number of likely N-dealkylation sites (tertiary alicyclic amines) is 1. The Kier molecular flexibility index (Phi) is 6.23. The fraction of sp³-hybridized carbons (Fsp3) is 0.923. The maximum Gasteiger partial charge on any atom is 0.330 e. The van der Waals surface area contributed by atoms with Gasteiger partial charge in [-0.25, -0.2) is 8.78 Å². The van der Waals surface area contributed by atoms with Crippen LogP contribution in [-0.2, 0) is 9.53 Å². The first-order valence-corrected chi connectivity index (χ1v) is 6.80. The van der Waals surface area contributed by atoms with E-state index in [0.717, 1.165) is 19.3 Å². The number of amides is 1. The molecule has 3 nitrogen and oxygen atoms in total. The van der Waals surface area contributed by atoms with Gasteiger partial charge < -0.3 is 9.64 Å². The smallest absolute Gasteiger partial charge is 0.330 e. The molecule has 0 aromatic heterocycles. The Morgan fingerprint density at radius 2 is 1.85 bits per heavy atom. The number of ether oxygens (including phenoxy) is 1. The fourth-order valence-electron chi connectivity index (χ4n) is 2.47. The molecule has 1 saturated heterocycles. The van der Waals surface area contributed by atoms with E-state index in [1.807, 2.05) is 13.8 Å². The van der Waals surface area contributed by atoms with Crippen LogP contribution in [-0.4, -0.2) is 48.5 Å². The van der Waals surface area contributed by atoms with Crippen LogP contribution in [0.1, 0.15) is 39.5 Å². The van der Waals surface area contributed by atoms with Crippen molar-refractivity contribution in [3.63, 3.8) is 0 Å². The van der Waals surface area contributed by atoms with Gasteiger partial charge in [0, 0.05) is 12.1 Å². The Morgan fingerprint density at radius 3 is 2.35 bits per heavy atom. The molecule has 1 rings (SSSR count). The summed E-state index contributed by atoms with van der Waals surface area (Å²) in [5, 5.41) is 0. The summed E-state index contributed by atoms with van der Waals surface area (Å²) < 4.78 is 53.4. The lowest BCUT2D eigenvalue weighted by Gasteiger charge is -2.39. The number of carbonyl (C=O) groups excluding carboxylic acids is 1. The van der Waals surface area contributed by atoms with Gasteiger partial charge in [0.05, 0.1) is 13.0 Å². The van der Waals surface area contributed by atoms with Gasteiger partial charge in [-0.2, -0.15) is 8.78 Å². The standard InChI is InChI=1S/C13H21F4NO2/c1-9-4-3-5-10(2)18(9)11(19)6-7-20-8-13(16,17)12(14)15/h9-10,12H,3-8H2,1-2H3/t9-,10+. The molecule has 118 valence electrons. The Hall–Kier alpha value is -0.850. The van der Waals surface area contributed by atoms with Crippen LogP contribution in [0.25, 0.3) is 0 Å². The van der Waals surface area contributed by atoms with Gasteiger partial charge in [0.15, 0.2) is 0 Å². The second-order valence-electron chi connectivity index (χ2n) is 5.29. The maximum atomic E-state index is 12.6. The van der Waals surface area contributed by atoms with Crippen molar-refractivity contribution in [1.29, 1.82) is 0 Å². The van der Waals surface area contributed by atoms with Crippen LogP contribution in [0.3, 0.4) is 0 Å². The van der Waals surface area contributed by atoms with E-state index in [2.05, 4.69) is 4.74 Å². The average Bonchev–Trinajstić information content (AvgIpc) is 2.34. The van der Waals surface area contributed by atoms with E-state index >= 15 is 0 Å². The lowest BCUT2D eigenvalue weighted by Crippen LogP contribution is -2.47. The molecule has 0 aromatic rings. The zero-order valence-corrected chi connectivity index (χ0v) is 11.8. The van der Waals surface area contributed by atoms with Crippen LogP contribution in [0.15, 0.2) is 0 Å². The molecule has 1 aliphatic heterocycles. The number of piperidine rings is 1. The average molecular weight is 299 g/mol. The second kappa shape index (κ2) is 7.24. The summed E-state index contributed by atoms with van der Waals surface area (Å²) in [5.74, 6) is -4.33. The van der Waals surface area contributed by atoms with Crippen molar-refractivity contribution >= 4 is 5.91 Å². The van der Waals surface area contributed by atoms with Gasteiger partial charge in [-0.1, -0.05) is 0 Å². The summed E-state index contributed by atoms with van der Waals surface area (Å²) in [6.45, 7) is 2.26. The van der Waals surface area contributed by atoms with E-state index in [1.54, 1.807) is 4.90 Å². The maximum absolute atomic E-state index is 12.6. The third-order valence-corrected chi connectivity index (χ3v) is 3.56. The molecular formula is C13H21F4NO2. The Bertz CT molecular complexity index is 315. The lowest BCUT2D eigenvalue weighted by molar-refractivity contribution is -0.167. The number of hydrogen-bond acceptors (Lipinski definition) is 2. The summed E-state index contributed by atoms with van der Waals surface area (Å²) in [5.41, 5.74) is 0. The number of nitrogens with zero attached hydrogens (tertiary/aromatic N) is 1. The van der Waals surface area contributed by atoms with Crippen LogP contribution in [0.2, 0.25) is 0 Å². The molecule has 7 heteroatoms. The summed E-state index contributed by atoms with van der Waals surface area (Å²) in [7, 11) is 0. The van der Waals surface area contributed by atoms with Crippen molar-refractivity contribution < 1.29 is 27.1 Å². The first-order valence-electron chi connectivity index (χ1n) is 6.80. The number of halogens is 4. The highest BCUT2D eigenvalue weighted by Gasteiger charge is 2.41. The molecule has 0 saturated carbocycles. The molecule has 1 heterocycles. The Balaban J connectivity index is 2.33. The minimum atomic E-state index is -4.16. The van der Waals surface area contributed by atoms with E-state index in [9.17, 15) is 22.4 Å². The van der Waals surface area contributed by atoms with Crippen LogP contribution < -0.4 is 0 Å². The molecule has 0 aliphatic carbocycles. The van der Waals surface area contributed by atoms with Crippen LogP contribution in [0.5, 0.6) is 0 Å². The van der Waals surface area contributed by atoms with E-state index in [1.165, 1.54) is 0 Å². The molecule has 1 fully saturated rings. The van der Waals surface area contributed by atoms with Crippen molar-refractivity contribution in [2.24, 2.45) is 0 Å². The molecule has 1 amide bonds. The highest BCUT2D eigenvalue weighted by molar-refractivity contribution is 5.77. The molecule has 0 aromatic carbocycles. The predicted molar refractivity (Wildman–Crippen MR) is 66.0 cm³/mol. The summed E-state index contributed by atoms with van der Waals surface area (Å²) in [4.78, 5) is 13.7. The highest BCUT2D eigenvalue weighted by Crippen LogP contribution is 2.24. The van der Waals surface area contributed by atoms with Gasteiger partial charge in [-0.05, 0) is 33.1 Å². The molecule has 0 spiro atoms. The zero-order chi connectivity index (χ0) is 15.3. The van der Waals surface area contributed by atoms with Crippen LogP contribution in [0.4, 0.5) is 17.6 Å². The third-order valence-electron chi connectivity index (χ3n) is 3.56. The van der Waals surface area contributed by atoms with Gasteiger partial charge in [-0.15, -0.1) is 0 Å². The quantitative estimate of drug-likeness (QED) is 0.557. The molecule has 20 heavy (non-hydrogen) atoms. The largest absolute Gasteiger partial charge is 0.374 e. The normalized spacial score (nSPS) is 24.2. The number of rotatable bonds is 6. The van der Waals surface area contributed by atoms with Gasteiger partial charge in [0.25, 0.3) is 0 Å². The zero-order valence-electron chi connectivity index (χ0n) is 11.8. The number of hydrogen-bond donors (Lipinski definition) is 0. The first-order chi connectivity index (χ1) is 9.25. The summed E-state index contributed by atoms with van der Waals surface area (Å²) in [6.07, 6.45) is -0.918. The minimum absolute atomic E-state index is 0.0615. The second-order valence-corrected chi connectivity index (χ2v) is 5.29. The molecule has 1 aliphatic rings. The molecule has 0 N–H and O–H groups in total. The van der Waals surface area contributed by atoms with Crippen molar-refractivity contribution in [2.75, 3.05) is 13.2 Å². The van der Waals surface area contributed by atoms with Gasteiger partial charge in [-0.3, -0.25) is 4.79 Å². The van der Waals surface area contributed by atoms with Gasteiger partial charge in [0.1, 0.15) is 6.61 Å². The van der Waals surface area contributed by atoms with Gasteiger partial charge in [0.2, 0.25) is 5.91 Å². The van der Waals surface area contributed by atoms with E-state index in [-0.39, 0.29) is 31.0 Å². The molecule has 0 bridgehead atoms. The first kappa shape index (κ1) is 17.2. The highest BCUT2D eigenvalue weighted by atomic mass is 19.3. The Morgan fingerprint density at radius 1 is 1.30 bits per heavy atom. The van der Waals surface area contributed by atoms with Gasteiger partial charge >= 0.3 is 12.3 Å². The summed E-state index contributed by atoms with van der Waals surface area (Å²) >= 11 is 0. The van der Waals surface area contributed by atoms with E-state index in [4.69, 9.17) is 0 Å². The molecule has 0 unspecified atom stereocenters.